The van der Waals surface area contributed by atoms with E-state index in [0.29, 0.717) is 13.1 Å². The first kappa shape index (κ1) is 14.6. The van der Waals surface area contributed by atoms with Crippen LogP contribution < -0.4 is 10.6 Å². The van der Waals surface area contributed by atoms with E-state index in [2.05, 4.69) is 20.6 Å². The predicted molar refractivity (Wildman–Crippen MR) is 72.8 cm³/mol. The van der Waals surface area contributed by atoms with E-state index in [1.807, 2.05) is 0 Å². The molecule has 0 radical (unpaired) electrons. The van der Waals surface area contributed by atoms with Crippen molar-refractivity contribution in [2.24, 2.45) is 0 Å². The highest BCUT2D eigenvalue weighted by Crippen LogP contribution is 2.32. The van der Waals surface area contributed by atoms with Gasteiger partial charge in [0, 0.05) is 17.6 Å². The molecule has 0 bridgehead atoms. The lowest BCUT2D eigenvalue weighted by Crippen LogP contribution is -2.10. The van der Waals surface area contributed by atoms with Crippen LogP contribution in [-0.2, 0) is 12.7 Å². The van der Waals surface area contributed by atoms with Gasteiger partial charge >= 0.3 is 6.18 Å². The SMILES string of the molecule is CCNc1cc(C(F)(F)F)cc(NCc2cncs2)n1. The van der Waals surface area contributed by atoms with Crippen molar-refractivity contribution < 1.29 is 13.2 Å². The van der Waals surface area contributed by atoms with Crippen LogP contribution in [0.15, 0.2) is 23.8 Å². The van der Waals surface area contributed by atoms with Gasteiger partial charge in [0.15, 0.2) is 0 Å². The van der Waals surface area contributed by atoms with E-state index < -0.39 is 11.7 Å². The number of rotatable bonds is 5. The number of nitrogens with one attached hydrogen (secondary N) is 2. The van der Waals surface area contributed by atoms with Gasteiger partial charge in [-0.05, 0) is 19.1 Å². The number of thiazole rings is 1. The Kier molecular flexibility index (Phi) is 4.43. The fourth-order valence-electron chi connectivity index (χ4n) is 1.56. The zero-order chi connectivity index (χ0) is 14.6. The maximum atomic E-state index is 12.8. The number of hydrogen-bond acceptors (Lipinski definition) is 5. The van der Waals surface area contributed by atoms with Gasteiger partial charge in [0.2, 0.25) is 0 Å². The van der Waals surface area contributed by atoms with Crippen LogP contribution in [0.25, 0.3) is 0 Å². The Balaban J connectivity index is 2.20. The largest absolute Gasteiger partial charge is 0.416 e. The zero-order valence-corrected chi connectivity index (χ0v) is 11.5. The molecule has 4 nitrogen and oxygen atoms in total. The second-order valence-corrected chi connectivity index (χ2v) is 4.95. The van der Waals surface area contributed by atoms with Gasteiger partial charge in [-0.25, -0.2) is 4.98 Å². The molecular formula is C12H13F3N4S. The van der Waals surface area contributed by atoms with Gasteiger partial charge in [0.1, 0.15) is 11.6 Å². The number of alkyl halides is 3. The maximum absolute atomic E-state index is 12.8. The van der Waals surface area contributed by atoms with Crippen LogP contribution in [0.4, 0.5) is 24.8 Å². The molecule has 2 N–H and O–H groups in total. The van der Waals surface area contributed by atoms with Crippen molar-refractivity contribution in [1.82, 2.24) is 9.97 Å². The first-order valence-electron chi connectivity index (χ1n) is 5.93. The van der Waals surface area contributed by atoms with Gasteiger partial charge in [0.05, 0.1) is 17.6 Å². The third-order valence-corrected chi connectivity index (χ3v) is 3.22. The van der Waals surface area contributed by atoms with Crippen LogP contribution >= 0.6 is 11.3 Å². The van der Waals surface area contributed by atoms with Crippen molar-refractivity contribution in [1.29, 1.82) is 0 Å². The Morgan fingerprint density at radius 2 is 1.90 bits per heavy atom. The van der Waals surface area contributed by atoms with Gasteiger partial charge in [-0.2, -0.15) is 13.2 Å². The molecule has 2 aromatic heterocycles. The monoisotopic (exact) mass is 302 g/mol. The molecule has 0 aliphatic carbocycles. The molecule has 0 atom stereocenters. The highest BCUT2D eigenvalue weighted by Gasteiger charge is 2.31. The quantitative estimate of drug-likeness (QED) is 0.886. The summed E-state index contributed by atoms with van der Waals surface area (Å²) >= 11 is 1.43. The van der Waals surface area contributed by atoms with Crippen LogP contribution in [0.2, 0.25) is 0 Å². The lowest BCUT2D eigenvalue weighted by atomic mass is 10.2. The molecule has 8 heteroatoms. The number of pyridine rings is 1. The molecule has 0 amide bonds. The molecule has 0 fully saturated rings. The Bertz CT molecular complexity index is 554. The normalized spacial score (nSPS) is 11.4. The molecule has 2 heterocycles. The average Bonchev–Trinajstić information content (AvgIpc) is 2.88. The summed E-state index contributed by atoms with van der Waals surface area (Å²) in [7, 11) is 0. The van der Waals surface area contributed by atoms with Crippen molar-refractivity contribution in [2.75, 3.05) is 17.2 Å². The third-order valence-electron chi connectivity index (χ3n) is 2.44. The Hall–Kier alpha value is -1.83. The summed E-state index contributed by atoms with van der Waals surface area (Å²) in [6.45, 7) is 2.69. The summed E-state index contributed by atoms with van der Waals surface area (Å²) in [5.41, 5.74) is 0.941. The van der Waals surface area contributed by atoms with Gasteiger partial charge < -0.3 is 10.6 Å². The van der Waals surface area contributed by atoms with Crippen LogP contribution in [0.5, 0.6) is 0 Å². The van der Waals surface area contributed by atoms with E-state index in [0.717, 1.165) is 17.0 Å². The minimum atomic E-state index is -4.39. The highest BCUT2D eigenvalue weighted by molar-refractivity contribution is 7.09. The molecule has 2 aromatic rings. The summed E-state index contributed by atoms with van der Waals surface area (Å²) in [6.07, 6.45) is -2.73. The fraction of sp³-hybridized carbons (Fsp3) is 0.333. The summed E-state index contributed by atoms with van der Waals surface area (Å²) in [6, 6.07) is 2.00. The van der Waals surface area contributed by atoms with Gasteiger partial charge in [-0.3, -0.25) is 4.98 Å². The summed E-state index contributed by atoms with van der Waals surface area (Å²) in [4.78, 5) is 8.93. The van der Waals surface area contributed by atoms with E-state index in [1.165, 1.54) is 11.3 Å². The van der Waals surface area contributed by atoms with Crippen LogP contribution in [0, 0.1) is 0 Å². The van der Waals surface area contributed by atoms with Crippen LogP contribution in [0.3, 0.4) is 0 Å². The second-order valence-electron chi connectivity index (χ2n) is 3.98. The summed E-state index contributed by atoms with van der Waals surface area (Å²) in [5, 5.41) is 5.67. The molecule has 20 heavy (non-hydrogen) atoms. The Morgan fingerprint density at radius 1 is 1.20 bits per heavy atom. The van der Waals surface area contributed by atoms with Crippen molar-refractivity contribution in [3.8, 4) is 0 Å². The van der Waals surface area contributed by atoms with E-state index in [9.17, 15) is 13.2 Å². The number of halogens is 3. The molecule has 0 aliphatic heterocycles. The standard InChI is InChI=1S/C12H13F3N4S/c1-2-17-10-3-8(12(13,14)15)4-11(19-10)18-6-9-5-16-7-20-9/h3-5,7H,2,6H2,1H3,(H2,17,18,19). The Labute approximate surface area is 118 Å². The smallest absolute Gasteiger partial charge is 0.370 e. The summed E-state index contributed by atoms with van der Waals surface area (Å²) in [5.74, 6) is 0.387. The number of aromatic nitrogens is 2. The third kappa shape index (κ3) is 3.83. The molecule has 108 valence electrons. The predicted octanol–water partition coefficient (Wildman–Crippen LogP) is 3.60. The molecule has 0 saturated heterocycles. The first-order valence-corrected chi connectivity index (χ1v) is 6.81. The molecule has 0 saturated carbocycles. The number of anilines is 2. The molecule has 2 rings (SSSR count). The van der Waals surface area contributed by atoms with Crippen LogP contribution in [0.1, 0.15) is 17.4 Å². The lowest BCUT2D eigenvalue weighted by molar-refractivity contribution is -0.137. The van der Waals surface area contributed by atoms with E-state index in [4.69, 9.17) is 0 Å². The second kappa shape index (κ2) is 6.08. The minimum Gasteiger partial charge on any atom is -0.370 e. The minimum absolute atomic E-state index is 0.184. The van der Waals surface area contributed by atoms with Crippen LogP contribution in [-0.4, -0.2) is 16.5 Å². The average molecular weight is 302 g/mol. The highest BCUT2D eigenvalue weighted by atomic mass is 32.1. The van der Waals surface area contributed by atoms with Crippen molar-refractivity contribution in [2.45, 2.75) is 19.6 Å². The number of hydrogen-bond donors (Lipinski definition) is 2. The van der Waals surface area contributed by atoms with Gasteiger partial charge in [0.25, 0.3) is 0 Å². The molecule has 0 unspecified atom stereocenters. The lowest BCUT2D eigenvalue weighted by Gasteiger charge is -2.12. The molecular weight excluding hydrogens is 289 g/mol. The Morgan fingerprint density at radius 3 is 2.45 bits per heavy atom. The van der Waals surface area contributed by atoms with Crippen molar-refractivity contribution in [3.05, 3.63) is 34.3 Å². The first-order chi connectivity index (χ1) is 9.49. The molecule has 0 aliphatic rings. The van der Waals surface area contributed by atoms with E-state index in [-0.39, 0.29) is 11.6 Å². The maximum Gasteiger partial charge on any atom is 0.416 e. The summed E-state index contributed by atoms with van der Waals surface area (Å²) < 4.78 is 38.4. The molecule has 0 spiro atoms. The zero-order valence-electron chi connectivity index (χ0n) is 10.7. The van der Waals surface area contributed by atoms with Crippen molar-refractivity contribution in [3.63, 3.8) is 0 Å². The topological polar surface area (TPSA) is 49.8 Å². The van der Waals surface area contributed by atoms with E-state index in [1.54, 1.807) is 18.6 Å². The van der Waals surface area contributed by atoms with E-state index >= 15 is 0 Å². The van der Waals surface area contributed by atoms with Crippen molar-refractivity contribution >= 4 is 23.0 Å². The van der Waals surface area contributed by atoms with Gasteiger partial charge in [-0.1, -0.05) is 0 Å². The molecule has 0 aromatic carbocycles. The number of nitrogens with zero attached hydrogens (tertiary/aromatic N) is 2. The van der Waals surface area contributed by atoms with Gasteiger partial charge in [-0.15, -0.1) is 11.3 Å². The fourth-order valence-corrected chi connectivity index (χ4v) is 2.10.